The third-order valence-electron chi connectivity index (χ3n) is 3.68. The van der Waals surface area contributed by atoms with E-state index in [1.807, 2.05) is 0 Å². The van der Waals surface area contributed by atoms with Gasteiger partial charge in [-0.05, 0) is 35.9 Å². The lowest BCUT2D eigenvalue weighted by Gasteiger charge is -2.17. The van der Waals surface area contributed by atoms with E-state index in [0.717, 1.165) is 0 Å². The Kier molecular flexibility index (Phi) is 4.76. The molecule has 2 heterocycles. The summed E-state index contributed by atoms with van der Waals surface area (Å²) in [6.07, 6.45) is 3.92. The highest BCUT2D eigenvalue weighted by molar-refractivity contribution is 7.89. The number of aromatic nitrogens is 2. The molecule has 7 nitrogen and oxygen atoms in total. The highest BCUT2D eigenvalue weighted by Gasteiger charge is 2.25. The summed E-state index contributed by atoms with van der Waals surface area (Å²) in [7, 11) is -3.96. The van der Waals surface area contributed by atoms with Gasteiger partial charge in [-0.15, -0.1) is 0 Å². The minimum Gasteiger partial charge on any atom is -0.481 e. The highest BCUT2D eigenvalue weighted by atomic mass is 35.5. The first kappa shape index (κ1) is 17.4. The topological polar surface area (TPSA) is 112 Å². The number of fused-ring (bicyclic) bond motifs is 1. The summed E-state index contributed by atoms with van der Waals surface area (Å²) in [5, 5.41) is 10.1. The molecule has 0 aliphatic rings. The monoisotopic (exact) mass is 379 g/mol. The predicted molar refractivity (Wildman–Crippen MR) is 92.9 cm³/mol. The highest BCUT2D eigenvalue weighted by Crippen LogP contribution is 2.27. The lowest BCUT2D eigenvalue weighted by molar-refractivity contribution is -0.137. The minimum absolute atomic E-state index is 0.0311. The van der Waals surface area contributed by atoms with E-state index < -0.39 is 28.5 Å². The van der Waals surface area contributed by atoms with Crippen molar-refractivity contribution in [3.8, 4) is 0 Å². The molecule has 0 aliphatic heterocycles. The van der Waals surface area contributed by atoms with Crippen molar-refractivity contribution in [1.29, 1.82) is 0 Å². The molecular formula is C16H14ClN3O4S. The summed E-state index contributed by atoms with van der Waals surface area (Å²) in [5.74, 6) is -1.12. The van der Waals surface area contributed by atoms with E-state index in [0.29, 0.717) is 21.5 Å². The van der Waals surface area contributed by atoms with Crippen molar-refractivity contribution in [2.75, 3.05) is 0 Å². The second-order valence-corrected chi connectivity index (χ2v) is 7.51. The smallest absolute Gasteiger partial charge is 0.305 e. The number of nitrogens with zero attached hydrogens (tertiary/aromatic N) is 1. The average molecular weight is 380 g/mol. The first-order valence-corrected chi connectivity index (χ1v) is 9.13. The van der Waals surface area contributed by atoms with Crippen LogP contribution in [0.25, 0.3) is 10.9 Å². The van der Waals surface area contributed by atoms with Gasteiger partial charge in [0.05, 0.1) is 12.5 Å². The molecule has 0 amide bonds. The zero-order chi connectivity index (χ0) is 18.0. The zero-order valence-corrected chi connectivity index (χ0v) is 14.4. The van der Waals surface area contributed by atoms with Crippen LogP contribution in [0.5, 0.6) is 0 Å². The fourth-order valence-electron chi connectivity index (χ4n) is 2.54. The van der Waals surface area contributed by atoms with E-state index in [1.165, 1.54) is 18.6 Å². The Morgan fingerprint density at radius 2 is 2.00 bits per heavy atom. The van der Waals surface area contributed by atoms with Gasteiger partial charge < -0.3 is 10.1 Å². The molecule has 3 aromatic rings. The maximum absolute atomic E-state index is 12.8. The third-order valence-corrected chi connectivity index (χ3v) is 5.43. The van der Waals surface area contributed by atoms with Crippen LogP contribution in [0.3, 0.4) is 0 Å². The van der Waals surface area contributed by atoms with Gasteiger partial charge in [-0.1, -0.05) is 11.6 Å². The van der Waals surface area contributed by atoms with Gasteiger partial charge >= 0.3 is 5.97 Å². The van der Waals surface area contributed by atoms with Crippen LogP contribution in [0.2, 0.25) is 5.02 Å². The lowest BCUT2D eigenvalue weighted by atomic mass is 10.1. The van der Waals surface area contributed by atoms with Crippen LogP contribution in [0.4, 0.5) is 0 Å². The van der Waals surface area contributed by atoms with Crippen molar-refractivity contribution in [3.05, 3.63) is 59.5 Å². The molecule has 1 atom stereocenters. The second kappa shape index (κ2) is 6.83. The Bertz CT molecular complexity index is 1020. The molecular weight excluding hydrogens is 366 g/mol. The van der Waals surface area contributed by atoms with Crippen molar-refractivity contribution in [1.82, 2.24) is 14.7 Å². The second-order valence-electron chi connectivity index (χ2n) is 5.40. The summed E-state index contributed by atoms with van der Waals surface area (Å²) in [6, 6.07) is 7.04. The Hall–Kier alpha value is -2.42. The van der Waals surface area contributed by atoms with Crippen molar-refractivity contribution in [3.63, 3.8) is 0 Å². The number of halogens is 1. The first-order chi connectivity index (χ1) is 11.9. The number of nitrogens with one attached hydrogen (secondary N) is 2. The summed E-state index contributed by atoms with van der Waals surface area (Å²) in [6.45, 7) is 0. The fraction of sp³-hybridized carbons (Fsp3) is 0.125. The molecule has 1 unspecified atom stereocenters. The average Bonchev–Trinajstić information content (AvgIpc) is 2.98. The van der Waals surface area contributed by atoms with E-state index in [2.05, 4.69) is 14.7 Å². The number of rotatable bonds is 6. The molecule has 3 rings (SSSR count). The van der Waals surface area contributed by atoms with E-state index in [4.69, 9.17) is 16.7 Å². The van der Waals surface area contributed by atoms with Crippen molar-refractivity contribution >= 4 is 38.5 Å². The van der Waals surface area contributed by atoms with Crippen molar-refractivity contribution in [2.24, 2.45) is 0 Å². The number of hydrogen-bond donors (Lipinski definition) is 3. The van der Waals surface area contributed by atoms with Crippen LogP contribution < -0.4 is 4.72 Å². The fourth-order valence-corrected chi connectivity index (χ4v) is 4.12. The summed E-state index contributed by atoms with van der Waals surface area (Å²) in [4.78, 5) is 17.9. The quantitative estimate of drug-likeness (QED) is 0.609. The van der Waals surface area contributed by atoms with Gasteiger partial charge in [0, 0.05) is 34.5 Å². The maximum Gasteiger partial charge on any atom is 0.305 e. The predicted octanol–water partition coefficient (Wildman–Crippen LogP) is 2.71. The molecule has 0 radical (unpaired) electrons. The van der Waals surface area contributed by atoms with Gasteiger partial charge in [0.25, 0.3) is 0 Å². The van der Waals surface area contributed by atoms with Crippen molar-refractivity contribution < 1.29 is 18.3 Å². The van der Waals surface area contributed by atoms with Gasteiger partial charge in [-0.3, -0.25) is 9.78 Å². The number of carbonyl (C=O) groups is 1. The number of sulfonamides is 1. The van der Waals surface area contributed by atoms with Gasteiger partial charge in [0.1, 0.15) is 4.90 Å². The number of benzene rings is 1. The Labute approximate surface area is 148 Å². The Morgan fingerprint density at radius 1 is 1.28 bits per heavy atom. The summed E-state index contributed by atoms with van der Waals surface area (Å²) in [5.41, 5.74) is 1.09. The number of aromatic amines is 1. The molecule has 0 saturated carbocycles. The Balaban J connectivity index is 1.98. The number of hydrogen-bond acceptors (Lipinski definition) is 4. The van der Waals surface area contributed by atoms with Crippen LogP contribution in [-0.4, -0.2) is 29.5 Å². The minimum atomic E-state index is -3.96. The molecule has 0 fully saturated rings. The number of carboxylic acids is 1. The van der Waals surface area contributed by atoms with E-state index in [1.54, 1.807) is 30.3 Å². The van der Waals surface area contributed by atoms with Gasteiger partial charge in [-0.2, -0.15) is 0 Å². The van der Waals surface area contributed by atoms with Gasteiger partial charge in [0.15, 0.2) is 0 Å². The lowest BCUT2D eigenvalue weighted by Crippen LogP contribution is -2.30. The van der Waals surface area contributed by atoms with Crippen molar-refractivity contribution in [2.45, 2.75) is 17.4 Å². The van der Waals surface area contributed by atoms with Crippen LogP contribution in [-0.2, 0) is 14.8 Å². The van der Waals surface area contributed by atoms with E-state index in [-0.39, 0.29) is 4.90 Å². The number of H-pyrrole nitrogens is 1. The van der Waals surface area contributed by atoms with Gasteiger partial charge in [0.2, 0.25) is 10.0 Å². The number of aliphatic carboxylic acids is 1. The molecule has 0 aliphatic carbocycles. The SMILES string of the molecule is O=C(O)CC(NS(=O)(=O)c1c[nH]c2cc(Cl)ccc12)c1ccncc1. The molecule has 0 saturated heterocycles. The molecule has 2 aromatic heterocycles. The van der Waals surface area contributed by atoms with Crippen LogP contribution in [0, 0.1) is 0 Å². The first-order valence-electron chi connectivity index (χ1n) is 7.27. The molecule has 130 valence electrons. The van der Waals surface area contributed by atoms with E-state index in [9.17, 15) is 13.2 Å². The summed E-state index contributed by atoms with van der Waals surface area (Å²) < 4.78 is 28.0. The number of carboxylic acid groups (broad SMARTS) is 1. The van der Waals surface area contributed by atoms with Crippen LogP contribution in [0.1, 0.15) is 18.0 Å². The van der Waals surface area contributed by atoms with Crippen LogP contribution >= 0.6 is 11.6 Å². The largest absolute Gasteiger partial charge is 0.481 e. The molecule has 0 spiro atoms. The van der Waals surface area contributed by atoms with Gasteiger partial charge in [-0.25, -0.2) is 13.1 Å². The summed E-state index contributed by atoms with van der Waals surface area (Å²) >= 11 is 5.91. The molecule has 25 heavy (non-hydrogen) atoms. The Morgan fingerprint density at radius 3 is 2.68 bits per heavy atom. The van der Waals surface area contributed by atoms with Crippen LogP contribution in [0.15, 0.2) is 53.8 Å². The van der Waals surface area contributed by atoms with E-state index >= 15 is 0 Å². The molecule has 3 N–H and O–H groups in total. The third kappa shape index (κ3) is 3.81. The zero-order valence-electron chi connectivity index (χ0n) is 12.8. The maximum atomic E-state index is 12.8. The standard InChI is InChI=1S/C16H14ClN3O4S/c17-11-1-2-12-14(7-11)19-9-15(12)25(23,24)20-13(8-16(21)22)10-3-5-18-6-4-10/h1-7,9,13,19-20H,8H2,(H,21,22). The normalized spacial score (nSPS) is 13.0. The molecule has 1 aromatic carbocycles. The number of pyridine rings is 1. The molecule has 0 bridgehead atoms. The molecule has 9 heteroatoms.